The molecule has 0 aromatic heterocycles. The molecule has 29 heavy (non-hydrogen) atoms. The molecule has 4 nitrogen and oxygen atoms in total. The molecule has 0 heterocycles. The molecule has 1 rings (SSSR count). The van der Waals surface area contributed by atoms with E-state index in [1.165, 1.54) is 51.4 Å². The molecule has 4 heteroatoms. The van der Waals surface area contributed by atoms with E-state index in [9.17, 15) is 9.59 Å². The van der Waals surface area contributed by atoms with Gasteiger partial charge in [-0.3, -0.25) is 9.59 Å². The molecular formula is C25H41NO3. The van der Waals surface area contributed by atoms with E-state index in [0.717, 1.165) is 18.4 Å². The van der Waals surface area contributed by atoms with Crippen LogP contribution < -0.4 is 0 Å². The second kappa shape index (κ2) is 17.1. The lowest BCUT2D eigenvalue weighted by Crippen LogP contribution is -2.26. The summed E-state index contributed by atoms with van der Waals surface area (Å²) in [6.45, 7) is 3.36. The fraction of sp³-hybridized carbons (Fsp3) is 0.680. The molecule has 1 aromatic carbocycles. The Morgan fingerprint density at radius 2 is 1.38 bits per heavy atom. The van der Waals surface area contributed by atoms with Crippen LogP contribution in [-0.4, -0.2) is 30.4 Å². The summed E-state index contributed by atoms with van der Waals surface area (Å²) in [6.07, 6.45) is 14.0. The maximum Gasteiger partial charge on any atom is 0.305 e. The molecule has 164 valence electrons. The fourth-order valence-corrected chi connectivity index (χ4v) is 3.37. The summed E-state index contributed by atoms with van der Waals surface area (Å²) in [5.74, 6) is -0.115. The molecule has 1 aromatic rings. The molecular weight excluding hydrogens is 362 g/mol. The molecule has 0 saturated carbocycles. The van der Waals surface area contributed by atoms with Gasteiger partial charge in [-0.15, -0.1) is 0 Å². The Bertz CT molecular complexity index is 544. The van der Waals surface area contributed by atoms with E-state index in [-0.39, 0.29) is 11.9 Å². The van der Waals surface area contributed by atoms with Crippen molar-refractivity contribution in [1.82, 2.24) is 4.90 Å². The molecule has 0 atom stereocenters. The molecule has 0 spiro atoms. The predicted octanol–water partition coefficient (Wildman–Crippen LogP) is 6.28. The molecule has 0 radical (unpaired) electrons. The number of carbonyl (C=O) groups is 2. The lowest BCUT2D eigenvalue weighted by molar-refractivity contribution is -0.144. The van der Waals surface area contributed by atoms with E-state index in [1.807, 2.05) is 30.3 Å². The third kappa shape index (κ3) is 13.9. The van der Waals surface area contributed by atoms with Crippen LogP contribution in [0.15, 0.2) is 30.3 Å². The van der Waals surface area contributed by atoms with Gasteiger partial charge in [0.15, 0.2) is 0 Å². The third-order valence-electron chi connectivity index (χ3n) is 5.22. The largest absolute Gasteiger partial charge is 0.466 e. The first-order valence-corrected chi connectivity index (χ1v) is 11.6. The van der Waals surface area contributed by atoms with Crippen molar-refractivity contribution in [3.63, 3.8) is 0 Å². The van der Waals surface area contributed by atoms with Crippen molar-refractivity contribution in [2.45, 2.75) is 96.9 Å². The van der Waals surface area contributed by atoms with Gasteiger partial charge in [0, 0.05) is 26.4 Å². The van der Waals surface area contributed by atoms with Crippen LogP contribution in [0.4, 0.5) is 0 Å². The van der Waals surface area contributed by atoms with Gasteiger partial charge < -0.3 is 9.64 Å². The predicted molar refractivity (Wildman–Crippen MR) is 120 cm³/mol. The highest BCUT2D eigenvalue weighted by Gasteiger charge is 2.11. The van der Waals surface area contributed by atoms with E-state index in [1.54, 1.807) is 11.9 Å². The SMILES string of the molecule is CCCCCCCCCCCCOC(=O)CCCC(=O)N(C)Cc1ccccc1. The number of ether oxygens (including phenoxy) is 1. The second-order valence-corrected chi connectivity index (χ2v) is 7.99. The Morgan fingerprint density at radius 1 is 0.793 bits per heavy atom. The molecule has 0 aliphatic heterocycles. The van der Waals surface area contributed by atoms with Crippen molar-refractivity contribution in [2.75, 3.05) is 13.7 Å². The first-order valence-electron chi connectivity index (χ1n) is 11.6. The zero-order chi connectivity index (χ0) is 21.2. The van der Waals surface area contributed by atoms with Gasteiger partial charge in [-0.2, -0.15) is 0 Å². The number of hydrogen-bond donors (Lipinski definition) is 0. The van der Waals surface area contributed by atoms with E-state index in [2.05, 4.69) is 6.92 Å². The van der Waals surface area contributed by atoms with Gasteiger partial charge >= 0.3 is 5.97 Å². The van der Waals surface area contributed by atoms with E-state index in [4.69, 9.17) is 4.74 Å². The summed E-state index contributed by atoms with van der Waals surface area (Å²) in [6, 6.07) is 9.92. The standard InChI is InChI=1S/C25H41NO3/c1-3-4-5-6-7-8-9-10-11-15-21-29-25(28)20-16-19-24(27)26(2)22-23-17-13-12-14-18-23/h12-14,17-18H,3-11,15-16,19-22H2,1-2H3. The summed E-state index contributed by atoms with van der Waals surface area (Å²) in [5, 5.41) is 0. The van der Waals surface area contributed by atoms with Crippen LogP contribution in [0.25, 0.3) is 0 Å². The van der Waals surface area contributed by atoms with Crippen molar-refractivity contribution in [1.29, 1.82) is 0 Å². The van der Waals surface area contributed by atoms with E-state index in [0.29, 0.717) is 32.4 Å². The normalized spacial score (nSPS) is 10.7. The summed E-state index contributed by atoms with van der Waals surface area (Å²) in [5.41, 5.74) is 1.11. The van der Waals surface area contributed by atoms with Crippen molar-refractivity contribution in [2.24, 2.45) is 0 Å². The highest BCUT2D eigenvalue weighted by atomic mass is 16.5. The second-order valence-electron chi connectivity index (χ2n) is 7.99. The highest BCUT2D eigenvalue weighted by molar-refractivity contribution is 5.77. The van der Waals surface area contributed by atoms with Crippen LogP contribution in [-0.2, 0) is 20.9 Å². The number of rotatable bonds is 17. The Balaban J connectivity index is 1.94. The van der Waals surface area contributed by atoms with Gasteiger partial charge in [-0.05, 0) is 18.4 Å². The quantitative estimate of drug-likeness (QED) is 0.227. The number of unbranched alkanes of at least 4 members (excludes halogenated alkanes) is 9. The van der Waals surface area contributed by atoms with Crippen LogP contribution in [0.3, 0.4) is 0 Å². The van der Waals surface area contributed by atoms with Gasteiger partial charge in [-0.25, -0.2) is 0 Å². The lowest BCUT2D eigenvalue weighted by Gasteiger charge is -2.17. The minimum Gasteiger partial charge on any atom is -0.466 e. The summed E-state index contributed by atoms with van der Waals surface area (Å²) < 4.78 is 5.29. The highest BCUT2D eigenvalue weighted by Crippen LogP contribution is 2.11. The monoisotopic (exact) mass is 403 g/mol. The van der Waals surface area contributed by atoms with Crippen molar-refractivity contribution >= 4 is 11.9 Å². The molecule has 0 aliphatic rings. The van der Waals surface area contributed by atoms with E-state index >= 15 is 0 Å². The zero-order valence-corrected chi connectivity index (χ0v) is 18.7. The Kier molecular flexibility index (Phi) is 14.8. The van der Waals surface area contributed by atoms with Crippen molar-refractivity contribution in [3.05, 3.63) is 35.9 Å². The van der Waals surface area contributed by atoms with E-state index < -0.39 is 0 Å². The summed E-state index contributed by atoms with van der Waals surface area (Å²) in [7, 11) is 1.80. The van der Waals surface area contributed by atoms with Crippen molar-refractivity contribution in [3.8, 4) is 0 Å². The number of hydrogen-bond acceptors (Lipinski definition) is 3. The zero-order valence-electron chi connectivity index (χ0n) is 18.7. The number of esters is 1. The summed E-state index contributed by atoms with van der Waals surface area (Å²) in [4.78, 5) is 25.7. The van der Waals surface area contributed by atoms with Crippen LogP contribution in [0.2, 0.25) is 0 Å². The van der Waals surface area contributed by atoms with Gasteiger partial charge in [0.05, 0.1) is 6.61 Å². The van der Waals surface area contributed by atoms with Crippen LogP contribution in [0.1, 0.15) is 96.0 Å². The minimum absolute atomic E-state index is 0.0661. The first-order chi connectivity index (χ1) is 14.1. The van der Waals surface area contributed by atoms with Gasteiger partial charge in [-0.1, -0.05) is 95.0 Å². The van der Waals surface area contributed by atoms with Gasteiger partial charge in [0.25, 0.3) is 0 Å². The Labute approximate surface area is 178 Å². The third-order valence-corrected chi connectivity index (χ3v) is 5.22. The van der Waals surface area contributed by atoms with Gasteiger partial charge in [0.2, 0.25) is 5.91 Å². The molecule has 0 unspecified atom stereocenters. The molecule has 0 fully saturated rings. The minimum atomic E-state index is -0.181. The van der Waals surface area contributed by atoms with Crippen molar-refractivity contribution < 1.29 is 14.3 Å². The Morgan fingerprint density at radius 3 is 2.00 bits per heavy atom. The average molecular weight is 404 g/mol. The smallest absolute Gasteiger partial charge is 0.305 e. The number of nitrogens with zero attached hydrogens (tertiary/aromatic N) is 1. The lowest BCUT2D eigenvalue weighted by atomic mass is 10.1. The maximum absolute atomic E-state index is 12.2. The first kappa shape index (κ1) is 25.2. The van der Waals surface area contributed by atoms with Crippen LogP contribution >= 0.6 is 0 Å². The number of benzene rings is 1. The molecule has 0 aliphatic carbocycles. The topological polar surface area (TPSA) is 46.6 Å². The fourth-order valence-electron chi connectivity index (χ4n) is 3.37. The molecule has 0 bridgehead atoms. The van der Waals surface area contributed by atoms with Crippen LogP contribution in [0.5, 0.6) is 0 Å². The molecule has 0 saturated heterocycles. The maximum atomic E-state index is 12.2. The summed E-state index contributed by atoms with van der Waals surface area (Å²) >= 11 is 0. The number of amides is 1. The van der Waals surface area contributed by atoms with Gasteiger partial charge in [0.1, 0.15) is 0 Å². The van der Waals surface area contributed by atoms with Crippen LogP contribution in [0, 0.1) is 0 Å². The Hall–Kier alpha value is -1.84. The molecule has 0 N–H and O–H groups in total. The molecule has 1 amide bonds. The average Bonchev–Trinajstić information content (AvgIpc) is 2.72. The number of carbonyl (C=O) groups excluding carboxylic acids is 2.